The SMILES string of the molecule is CCOP(Cl)C#N. The van der Waals surface area contributed by atoms with E-state index in [9.17, 15) is 0 Å². The van der Waals surface area contributed by atoms with Gasteiger partial charge < -0.3 is 4.52 Å². The number of rotatable bonds is 2. The highest BCUT2D eigenvalue weighted by molar-refractivity contribution is 7.83. The van der Waals surface area contributed by atoms with Gasteiger partial charge in [0.15, 0.2) is 0 Å². The molecule has 0 aliphatic heterocycles. The molecule has 1 atom stereocenters. The van der Waals surface area contributed by atoms with Crippen molar-refractivity contribution in [1.82, 2.24) is 0 Å². The van der Waals surface area contributed by atoms with Gasteiger partial charge in [-0.05, 0) is 18.2 Å². The molecule has 7 heavy (non-hydrogen) atoms. The van der Waals surface area contributed by atoms with E-state index in [0.29, 0.717) is 6.61 Å². The van der Waals surface area contributed by atoms with Gasteiger partial charge in [-0.25, -0.2) is 0 Å². The van der Waals surface area contributed by atoms with Crippen LogP contribution >= 0.6 is 18.7 Å². The van der Waals surface area contributed by atoms with Crippen LogP contribution < -0.4 is 0 Å². The summed E-state index contributed by atoms with van der Waals surface area (Å²) < 4.78 is 4.66. The highest BCUT2D eigenvalue weighted by Crippen LogP contribution is 2.40. The average molecular weight is 138 g/mol. The van der Waals surface area contributed by atoms with Crippen LogP contribution in [0.2, 0.25) is 0 Å². The molecule has 0 aromatic heterocycles. The molecule has 0 N–H and O–H groups in total. The van der Waals surface area contributed by atoms with Crippen molar-refractivity contribution in [2.24, 2.45) is 0 Å². The molecule has 0 aliphatic rings. The molecule has 0 aromatic rings. The Morgan fingerprint density at radius 1 is 2.00 bits per heavy atom. The first kappa shape index (κ1) is 7.17. The maximum Gasteiger partial charge on any atom is 0.235 e. The largest absolute Gasteiger partial charge is 0.333 e. The average Bonchev–Trinajstić information content (AvgIpc) is 1.68. The summed E-state index contributed by atoms with van der Waals surface area (Å²) in [5.41, 5.74) is 0. The Balaban J connectivity index is 3.04. The van der Waals surface area contributed by atoms with E-state index in [-0.39, 0.29) is 0 Å². The van der Waals surface area contributed by atoms with Crippen molar-refractivity contribution >= 4 is 18.7 Å². The number of halogens is 1. The molecule has 0 spiro atoms. The molecule has 0 bridgehead atoms. The van der Waals surface area contributed by atoms with Gasteiger partial charge in [-0.15, -0.1) is 0 Å². The maximum atomic E-state index is 7.99. The van der Waals surface area contributed by atoms with E-state index in [1.807, 2.05) is 0 Å². The fourth-order valence-electron chi connectivity index (χ4n) is 0.142. The molecule has 1 unspecified atom stereocenters. The highest BCUT2D eigenvalue weighted by Gasteiger charge is 1.96. The lowest BCUT2D eigenvalue weighted by molar-refractivity contribution is 0.391. The Labute approximate surface area is 48.7 Å². The highest BCUT2D eigenvalue weighted by atomic mass is 35.7. The molecule has 2 nitrogen and oxygen atoms in total. The molecule has 0 aliphatic carbocycles. The second-order valence-corrected chi connectivity index (χ2v) is 2.63. The molecule has 0 aromatic carbocycles. The molecular weight excluding hydrogens is 132 g/mol. The summed E-state index contributed by atoms with van der Waals surface area (Å²) in [4.78, 5) is 0. The molecule has 4 heteroatoms. The molecule has 0 heterocycles. The minimum absolute atomic E-state index is 0.517. The zero-order valence-corrected chi connectivity index (χ0v) is 5.54. The second kappa shape index (κ2) is 4.33. The lowest BCUT2D eigenvalue weighted by Gasteiger charge is -1.93. The van der Waals surface area contributed by atoms with Crippen molar-refractivity contribution in [1.29, 1.82) is 5.26 Å². The Morgan fingerprint density at radius 2 is 2.57 bits per heavy atom. The van der Waals surface area contributed by atoms with E-state index >= 15 is 0 Å². The van der Waals surface area contributed by atoms with Crippen LogP contribution in [0.5, 0.6) is 0 Å². The van der Waals surface area contributed by atoms with Gasteiger partial charge in [-0.3, -0.25) is 0 Å². The van der Waals surface area contributed by atoms with Crippen molar-refractivity contribution in [3.63, 3.8) is 0 Å². The summed E-state index contributed by atoms with van der Waals surface area (Å²) in [6, 6.07) is 0. The van der Waals surface area contributed by atoms with Crippen LogP contribution in [0.3, 0.4) is 0 Å². The number of nitriles is 1. The topological polar surface area (TPSA) is 33.0 Å². The zero-order chi connectivity index (χ0) is 5.70. The van der Waals surface area contributed by atoms with Crippen LogP contribution in [0.1, 0.15) is 6.92 Å². The standard InChI is InChI=1S/C3H5ClNOP/c1-2-6-7(4)3-5/h2H2,1H3. The Morgan fingerprint density at radius 3 is 2.71 bits per heavy atom. The molecule has 0 rings (SSSR count). The van der Waals surface area contributed by atoms with Crippen molar-refractivity contribution in [3.8, 4) is 5.81 Å². The van der Waals surface area contributed by atoms with Gasteiger partial charge in [0, 0.05) is 0 Å². The molecule has 40 valence electrons. The van der Waals surface area contributed by atoms with Crippen LogP contribution in [-0.2, 0) is 4.52 Å². The minimum atomic E-state index is -1.30. The van der Waals surface area contributed by atoms with Gasteiger partial charge in [0.05, 0.1) is 6.61 Å². The Kier molecular flexibility index (Phi) is 4.44. The van der Waals surface area contributed by atoms with Gasteiger partial charge in [0.1, 0.15) is 5.81 Å². The summed E-state index contributed by atoms with van der Waals surface area (Å²) in [6.45, 7) is 2.32. The van der Waals surface area contributed by atoms with Gasteiger partial charge in [-0.2, -0.15) is 5.26 Å². The molecule has 0 radical (unpaired) electrons. The summed E-state index contributed by atoms with van der Waals surface area (Å²) >= 11 is 5.25. The zero-order valence-electron chi connectivity index (χ0n) is 3.89. The van der Waals surface area contributed by atoms with Crippen molar-refractivity contribution in [2.45, 2.75) is 6.92 Å². The molecule has 0 amide bonds. The van der Waals surface area contributed by atoms with Gasteiger partial charge >= 0.3 is 0 Å². The van der Waals surface area contributed by atoms with Crippen molar-refractivity contribution in [2.75, 3.05) is 6.61 Å². The van der Waals surface area contributed by atoms with Gasteiger partial charge in [-0.1, -0.05) is 0 Å². The van der Waals surface area contributed by atoms with Crippen molar-refractivity contribution in [3.05, 3.63) is 0 Å². The third kappa shape index (κ3) is 4.01. The van der Waals surface area contributed by atoms with E-state index in [4.69, 9.17) is 16.5 Å². The maximum absolute atomic E-state index is 7.99. The van der Waals surface area contributed by atoms with E-state index in [2.05, 4.69) is 4.52 Å². The second-order valence-electron chi connectivity index (χ2n) is 0.763. The number of nitrogens with zero attached hydrogens (tertiary/aromatic N) is 1. The normalized spacial score (nSPS) is 12.7. The van der Waals surface area contributed by atoms with Crippen LogP contribution in [-0.4, -0.2) is 6.61 Å². The van der Waals surface area contributed by atoms with Gasteiger partial charge in [0.25, 0.3) is 0 Å². The van der Waals surface area contributed by atoms with E-state index < -0.39 is 7.50 Å². The smallest absolute Gasteiger partial charge is 0.235 e. The van der Waals surface area contributed by atoms with Crippen LogP contribution in [0.4, 0.5) is 0 Å². The van der Waals surface area contributed by atoms with Crippen LogP contribution in [0.25, 0.3) is 0 Å². The number of hydrogen-bond acceptors (Lipinski definition) is 2. The van der Waals surface area contributed by atoms with E-state index in [1.165, 1.54) is 0 Å². The summed E-state index contributed by atoms with van der Waals surface area (Å²) in [7, 11) is -1.30. The fraction of sp³-hybridized carbons (Fsp3) is 0.667. The number of hydrogen-bond donors (Lipinski definition) is 0. The molecule has 0 saturated heterocycles. The third-order valence-corrected chi connectivity index (χ3v) is 1.48. The minimum Gasteiger partial charge on any atom is -0.333 e. The summed E-state index contributed by atoms with van der Waals surface area (Å²) in [5.74, 6) is 1.77. The summed E-state index contributed by atoms with van der Waals surface area (Å²) in [6.07, 6.45) is 0. The molecular formula is C3H5ClNOP. The Hall–Kier alpha value is 0.170. The molecule has 0 saturated carbocycles. The third-order valence-electron chi connectivity index (χ3n) is 0.321. The first-order valence-electron chi connectivity index (χ1n) is 1.79. The predicted molar refractivity (Wildman–Crippen MR) is 30.0 cm³/mol. The fourth-order valence-corrected chi connectivity index (χ4v) is 0.719. The lowest BCUT2D eigenvalue weighted by Crippen LogP contribution is -1.73. The van der Waals surface area contributed by atoms with E-state index in [1.54, 1.807) is 12.7 Å². The summed E-state index contributed by atoms with van der Waals surface area (Å²) in [5, 5.41) is 7.99. The lowest BCUT2D eigenvalue weighted by atomic mass is 10.9. The monoisotopic (exact) mass is 137 g/mol. The van der Waals surface area contributed by atoms with E-state index in [0.717, 1.165) is 0 Å². The van der Waals surface area contributed by atoms with Gasteiger partial charge in [0.2, 0.25) is 7.50 Å². The Bertz CT molecular complexity index is 81.5. The van der Waals surface area contributed by atoms with Crippen LogP contribution in [0.15, 0.2) is 0 Å². The van der Waals surface area contributed by atoms with Crippen LogP contribution in [0, 0.1) is 11.1 Å². The van der Waals surface area contributed by atoms with Crippen molar-refractivity contribution < 1.29 is 4.52 Å². The predicted octanol–water partition coefficient (Wildman–Crippen LogP) is 2.05. The quantitative estimate of drug-likeness (QED) is 0.546. The first-order chi connectivity index (χ1) is 3.31. The first-order valence-corrected chi connectivity index (χ1v) is 3.96. The molecule has 0 fully saturated rings.